The van der Waals surface area contributed by atoms with Crippen molar-refractivity contribution in [1.29, 1.82) is 0 Å². The van der Waals surface area contributed by atoms with Gasteiger partial charge in [-0.25, -0.2) is 0 Å². The van der Waals surface area contributed by atoms with Crippen molar-refractivity contribution in [3.8, 4) is 0 Å². The van der Waals surface area contributed by atoms with Crippen LogP contribution in [0.4, 0.5) is 0 Å². The van der Waals surface area contributed by atoms with Crippen molar-refractivity contribution >= 4 is 0 Å². The molecule has 0 aromatic heterocycles. The standard InChI is InChI=1S/C8H19NO/c1-3-7(4-2)8(10)5-6-9/h7-8,10H,3-6,9H2,1-2H3/t8-/m0/s1. The SMILES string of the molecule is CCC(CC)[C@@H](O)CCN. The van der Waals surface area contributed by atoms with Gasteiger partial charge in [0.1, 0.15) is 0 Å². The lowest BCUT2D eigenvalue weighted by atomic mass is 9.94. The van der Waals surface area contributed by atoms with E-state index in [9.17, 15) is 5.11 Å². The largest absolute Gasteiger partial charge is 0.393 e. The van der Waals surface area contributed by atoms with E-state index >= 15 is 0 Å². The molecule has 1 atom stereocenters. The fourth-order valence-electron chi connectivity index (χ4n) is 1.24. The van der Waals surface area contributed by atoms with Crippen LogP contribution in [0.15, 0.2) is 0 Å². The fourth-order valence-corrected chi connectivity index (χ4v) is 1.24. The van der Waals surface area contributed by atoms with Gasteiger partial charge in [0.25, 0.3) is 0 Å². The van der Waals surface area contributed by atoms with Crippen LogP contribution in [0.25, 0.3) is 0 Å². The monoisotopic (exact) mass is 145 g/mol. The number of aliphatic hydroxyl groups excluding tert-OH is 1. The van der Waals surface area contributed by atoms with Crippen molar-refractivity contribution < 1.29 is 5.11 Å². The molecule has 0 heterocycles. The van der Waals surface area contributed by atoms with Crippen molar-refractivity contribution in [2.45, 2.75) is 39.2 Å². The maximum atomic E-state index is 9.43. The van der Waals surface area contributed by atoms with Gasteiger partial charge in [-0.3, -0.25) is 0 Å². The Bertz CT molecular complexity index is 71.7. The van der Waals surface area contributed by atoms with Gasteiger partial charge in [0.15, 0.2) is 0 Å². The van der Waals surface area contributed by atoms with E-state index in [0.29, 0.717) is 12.5 Å². The number of aliphatic hydroxyl groups is 1. The summed E-state index contributed by atoms with van der Waals surface area (Å²) < 4.78 is 0. The van der Waals surface area contributed by atoms with Crippen LogP contribution in [-0.4, -0.2) is 17.8 Å². The van der Waals surface area contributed by atoms with Crippen molar-refractivity contribution in [3.05, 3.63) is 0 Å². The van der Waals surface area contributed by atoms with Gasteiger partial charge in [-0.05, 0) is 18.9 Å². The van der Waals surface area contributed by atoms with Gasteiger partial charge < -0.3 is 10.8 Å². The average Bonchev–Trinajstić information content (AvgIpc) is 1.91. The Hall–Kier alpha value is -0.0800. The topological polar surface area (TPSA) is 46.2 Å². The van der Waals surface area contributed by atoms with Crippen molar-refractivity contribution in [2.75, 3.05) is 6.54 Å². The number of nitrogens with two attached hydrogens (primary N) is 1. The summed E-state index contributed by atoms with van der Waals surface area (Å²) in [6.45, 7) is 4.81. The summed E-state index contributed by atoms with van der Waals surface area (Å²) in [7, 11) is 0. The van der Waals surface area contributed by atoms with Gasteiger partial charge in [0.05, 0.1) is 6.10 Å². The van der Waals surface area contributed by atoms with Crippen LogP contribution in [0.2, 0.25) is 0 Å². The quantitative estimate of drug-likeness (QED) is 0.609. The minimum Gasteiger partial charge on any atom is -0.393 e. The molecule has 0 unspecified atom stereocenters. The molecule has 10 heavy (non-hydrogen) atoms. The highest BCUT2D eigenvalue weighted by molar-refractivity contribution is 4.65. The van der Waals surface area contributed by atoms with Gasteiger partial charge in [0, 0.05) is 0 Å². The average molecular weight is 145 g/mol. The first kappa shape index (κ1) is 9.92. The van der Waals surface area contributed by atoms with Crippen LogP contribution in [0, 0.1) is 5.92 Å². The number of rotatable bonds is 5. The second kappa shape index (κ2) is 5.69. The third-order valence-corrected chi connectivity index (χ3v) is 2.06. The van der Waals surface area contributed by atoms with E-state index in [1.54, 1.807) is 0 Å². The van der Waals surface area contributed by atoms with E-state index in [1.165, 1.54) is 0 Å². The third-order valence-electron chi connectivity index (χ3n) is 2.06. The normalized spacial score (nSPS) is 14.1. The lowest BCUT2D eigenvalue weighted by Gasteiger charge is -2.18. The first-order valence-electron chi connectivity index (χ1n) is 4.14. The van der Waals surface area contributed by atoms with Gasteiger partial charge in [-0.1, -0.05) is 26.7 Å². The summed E-state index contributed by atoms with van der Waals surface area (Å²) in [4.78, 5) is 0. The molecule has 0 saturated heterocycles. The van der Waals surface area contributed by atoms with Crippen LogP contribution < -0.4 is 5.73 Å². The van der Waals surface area contributed by atoms with Gasteiger partial charge in [-0.2, -0.15) is 0 Å². The molecule has 0 aromatic carbocycles. The molecule has 0 bridgehead atoms. The molecule has 0 amide bonds. The van der Waals surface area contributed by atoms with E-state index in [-0.39, 0.29) is 6.10 Å². The van der Waals surface area contributed by atoms with Crippen LogP contribution in [0.3, 0.4) is 0 Å². The van der Waals surface area contributed by atoms with Gasteiger partial charge >= 0.3 is 0 Å². The highest BCUT2D eigenvalue weighted by Crippen LogP contribution is 2.14. The minimum atomic E-state index is -0.181. The zero-order valence-corrected chi connectivity index (χ0v) is 7.01. The molecule has 62 valence electrons. The Kier molecular flexibility index (Phi) is 5.64. The number of hydrogen-bond donors (Lipinski definition) is 2. The second-order valence-electron chi connectivity index (χ2n) is 2.72. The molecule has 0 fully saturated rings. The number of hydrogen-bond acceptors (Lipinski definition) is 2. The first-order valence-corrected chi connectivity index (χ1v) is 4.14. The molecular formula is C8H19NO. The fraction of sp³-hybridized carbons (Fsp3) is 1.00. The molecule has 0 aliphatic carbocycles. The zero-order chi connectivity index (χ0) is 7.98. The van der Waals surface area contributed by atoms with Crippen LogP contribution in [0.1, 0.15) is 33.1 Å². The van der Waals surface area contributed by atoms with Crippen molar-refractivity contribution in [2.24, 2.45) is 11.7 Å². The lowest BCUT2D eigenvalue weighted by molar-refractivity contribution is 0.0965. The lowest BCUT2D eigenvalue weighted by Crippen LogP contribution is -2.22. The van der Waals surface area contributed by atoms with Gasteiger partial charge in [0.2, 0.25) is 0 Å². The molecule has 2 heteroatoms. The summed E-state index contributed by atoms with van der Waals surface area (Å²) in [5.41, 5.74) is 5.32. The predicted molar refractivity (Wildman–Crippen MR) is 43.8 cm³/mol. The summed E-state index contributed by atoms with van der Waals surface area (Å²) >= 11 is 0. The zero-order valence-electron chi connectivity index (χ0n) is 7.01. The molecule has 0 saturated carbocycles. The Morgan fingerprint density at radius 2 is 1.80 bits per heavy atom. The minimum absolute atomic E-state index is 0.181. The van der Waals surface area contributed by atoms with Crippen LogP contribution in [0.5, 0.6) is 0 Å². The summed E-state index contributed by atoms with van der Waals surface area (Å²) in [5.74, 6) is 0.448. The molecule has 0 aliphatic rings. The molecular weight excluding hydrogens is 126 g/mol. The summed E-state index contributed by atoms with van der Waals surface area (Å²) in [6.07, 6.45) is 2.67. The molecule has 3 N–H and O–H groups in total. The Balaban J connectivity index is 3.53. The smallest absolute Gasteiger partial charge is 0.0580 e. The second-order valence-corrected chi connectivity index (χ2v) is 2.72. The third kappa shape index (κ3) is 3.18. The first-order chi connectivity index (χ1) is 4.76. The molecule has 0 radical (unpaired) electrons. The van der Waals surface area contributed by atoms with Crippen LogP contribution in [-0.2, 0) is 0 Å². The van der Waals surface area contributed by atoms with Gasteiger partial charge in [-0.15, -0.1) is 0 Å². The molecule has 0 spiro atoms. The maximum absolute atomic E-state index is 9.43. The maximum Gasteiger partial charge on any atom is 0.0580 e. The summed E-state index contributed by atoms with van der Waals surface area (Å²) in [5, 5.41) is 9.43. The Morgan fingerprint density at radius 3 is 2.10 bits per heavy atom. The Labute approximate surface area is 63.4 Å². The molecule has 0 aliphatic heterocycles. The molecule has 0 rings (SSSR count). The van der Waals surface area contributed by atoms with E-state index < -0.39 is 0 Å². The Morgan fingerprint density at radius 1 is 1.30 bits per heavy atom. The highest BCUT2D eigenvalue weighted by atomic mass is 16.3. The highest BCUT2D eigenvalue weighted by Gasteiger charge is 2.13. The van der Waals surface area contributed by atoms with Crippen molar-refractivity contribution in [1.82, 2.24) is 0 Å². The van der Waals surface area contributed by atoms with Crippen LogP contribution >= 0.6 is 0 Å². The van der Waals surface area contributed by atoms with E-state index in [2.05, 4.69) is 13.8 Å². The van der Waals surface area contributed by atoms with E-state index in [4.69, 9.17) is 5.73 Å². The summed E-state index contributed by atoms with van der Waals surface area (Å²) in [6, 6.07) is 0. The van der Waals surface area contributed by atoms with E-state index in [0.717, 1.165) is 19.3 Å². The van der Waals surface area contributed by atoms with Crippen molar-refractivity contribution in [3.63, 3.8) is 0 Å². The molecule has 2 nitrogen and oxygen atoms in total. The molecule has 0 aromatic rings. The van der Waals surface area contributed by atoms with E-state index in [1.807, 2.05) is 0 Å². The predicted octanol–water partition coefficient (Wildman–Crippen LogP) is 1.13.